The molecule has 0 aliphatic heterocycles. The Balaban J connectivity index is 3.31. The van der Waals surface area contributed by atoms with Crippen LogP contribution in [0.2, 0.25) is 0 Å². The molecule has 0 atom stereocenters. The molecule has 0 aromatic rings. The van der Waals surface area contributed by atoms with Crippen molar-refractivity contribution in [2.24, 2.45) is 0 Å². The minimum absolute atomic E-state index is 0.0482. The van der Waals surface area contributed by atoms with Crippen LogP contribution < -0.4 is 0 Å². The minimum Gasteiger partial charge on any atom is -0.381 e. The van der Waals surface area contributed by atoms with Crippen molar-refractivity contribution in [1.29, 1.82) is 0 Å². The highest BCUT2D eigenvalue weighted by molar-refractivity contribution is 5.96. The standard InChI is InChI=1S/C14H25NO3/c1-4-7-14(16)13-15(3)8-12-18-11-6-10-17-9-5-2/h5-6,8-13H2,1-3H3. The highest BCUT2D eigenvalue weighted by Gasteiger charge is 2.03. The van der Waals surface area contributed by atoms with Gasteiger partial charge >= 0.3 is 0 Å². The number of hydrogen-bond acceptors (Lipinski definition) is 4. The summed E-state index contributed by atoms with van der Waals surface area (Å²) in [7, 11) is 1.89. The molecule has 0 amide bonds. The zero-order valence-electron chi connectivity index (χ0n) is 11.8. The monoisotopic (exact) mass is 255 g/mol. The van der Waals surface area contributed by atoms with Gasteiger partial charge in [0.2, 0.25) is 5.78 Å². The first-order valence-corrected chi connectivity index (χ1v) is 6.50. The van der Waals surface area contributed by atoms with Gasteiger partial charge < -0.3 is 9.47 Å². The van der Waals surface area contributed by atoms with Crippen LogP contribution in [0.15, 0.2) is 0 Å². The Labute approximate surface area is 111 Å². The number of hydrogen-bond donors (Lipinski definition) is 0. The van der Waals surface area contributed by atoms with E-state index in [1.54, 1.807) is 6.92 Å². The lowest BCUT2D eigenvalue weighted by Crippen LogP contribution is -2.28. The van der Waals surface area contributed by atoms with E-state index < -0.39 is 0 Å². The number of ether oxygens (including phenoxy) is 2. The Morgan fingerprint density at radius 1 is 1.17 bits per heavy atom. The zero-order valence-corrected chi connectivity index (χ0v) is 11.8. The van der Waals surface area contributed by atoms with Gasteiger partial charge in [0.25, 0.3) is 0 Å². The third-order valence-corrected chi connectivity index (χ3v) is 2.22. The summed E-state index contributed by atoms with van der Waals surface area (Å²) in [5.74, 6) is 5.07. The second-order valence-corrected chi connectivity index (χ2v) is 4.11. The average molecular weight is 255 g/mol. The van der Waals surface area contributed by atoms with E-state index in [4.69, 9.17) is 9.47 Å². The van der Waals surface area contributed by atoms with Crippen molar-refractivity contribution in [3.05, 3.63) is 0 Å². The van der Waals surface area contributed by atoms with Crippen molar-refractivity contribution < 1.29 is 14.3 Å². The number of likely N-dealkylation sites (N-methyl/N-ethyl adjacent to an activating group) is 1. The van der Waals surface area contributed by atoms with Gasteiger partial charge in [-0.05, 0) is 32.7 Å². The lowest BCUT2D eigenvalue weighted by molar-refractivity contribution is -0.114. The molecule has 0 heterocycles. The summed E-state index contributed by atoms with van der Waals surface area (Å²) in [6.07, 6.45) is 1.98. The summed E-state index contributed by atoms with van der Waals surface area (Å²) in [5, 5.41) is 0. The fourth-order valence-corrected chi connectivity index (χ4v) is 1.34. The summed E-state index contributed by atoms with van der Waals surface area (Å²) < 4.78 is 10.8. The third kappa shape index (κ3) is 11.6. The van der Waals surface area contributed by atoms with Crippen molar-refractivity contribution in [2.45, 2.75) is 26.7 Å². The third-order valence-electron chi connectivity index (χ3n) is 2.22. The van der Waals surface area contributed by atoms with Gasteiger partial charge in [-0.25, -0.2) is 0 Å². The highest BCUT2D eigenvalue weighted by Crippen LogP contribution is 1.89. The van der Waals surface area contributed by atoms with Crippen LogP contribution >= 0.6 is 0 Å². The molecule has 0 rings (SSSR count). The number of ketones is 1. The topological polar surface area (TPSA) is 38.8 Å². The Morgan fingerprint density at radius 3 is 2.44 bits per heavy atom. The second kappa shape index (κ2) is 12.6. The molecule has 18 heavy (non-hydrogen) atoms. The lowest BCUT2D eigenvalue weighted by Gasteiger charge is -2.14. The first-order valence-electron chi connectivity index (χ1n) is 6.50. The number of carbonyl (C=O) groups is 1. The first kappa shape index (κ1) is 17.1. The van der Waals surface area contributed by atoms with E-state index in [1.165, 1.54) is 0 Å². The Hall–Kier alpha value is -0.890. The number of Topliss-reactive ketones (excluding diaryl/α,β-unsaturated/α-hetero) is 1. The average Bonchev–Trinajstić information content (AvgIpc) is 2.32. The number of nitrogens with zero attached hydrogens (tertiary/aromatic N) is 1. The fraction of sp³-hybridized carbons (Fsp3) is 0.786. The summed E-state index contributed by atoms with van der Waals surface area (Å²) in [5.41, 5.74) is 0. The van der Waals surface area contributed by atoms with E-state index in [0.717, 1.165) is 32.6 Å². The maximum absolute atomic E-state index is 11.2. The molecule has 0 fully saturated rings. The van der Waals surface area contributed by atoms with Crippen LogP contribution in [-0.2, 0) is 14.3 Å². The van der Waals surface area contributed by atoms with E-state index >= 15 is 0 Å². The fourth-order valence-electron chi connectivity index (χ4n) is 1.34. The van der Waals surface area contributed by atoms with Gasteiger partial charge in [0, 0.05) is 26.4 Å². The molecule has 0 bridgehead atoms. The molecule has 0 aromatic heterocycles. The number of carbonyl (C=O) groups excluding carboxylic acids is 1. The van der Waals surface area contributed by atoms with Gasteiger partial charge in [-0.3, -0.25) is 9.69 Å². The zero-order chi connectivity index (χ0) is 13.6. The molecule has 0 radical (unpaired) electrons. The van der Waals surface area contributed by atoms with Crippen LogP contribution in [0.1, 0.15) is 26.7 Å². The highest BCUT2D eigenvalue weighted by atomic mass is 16.5. The molecule has 0 spiro atoms. The molecule has 0 unspecified atom stereocenters. The summed E-state index contributed by atoms with van der Waals surface area (Å²) in [6, 6.07) is 0. The van der Waals surface area contributed by atoms with Crippen molar-refractivity contribution in [3.8, 4) is 11.8 Å². The maximum atomic E-state index is 11.2. The Morgan fingerprint density at radius 2 is 1.83 bits per heavy atom. The maximum Gasteiger partial charge on any atom is 0.219 e. The summed E-state index contributed by atoms with van der Waals surface area (Å²) >= 11 is 0. The molecule has 0 aliphatic carbocycles. The van der Waals surface area contributed by atoms with Crippen LogP contribution in [0.5, 0.6) is 0 Å². The van der Waals surface area contributed by atoms with Gasteiger partial charge in [0.15, 0.2) is 0 Å². The van der Waals surface area contributed by atoms with Crippen molar-refractivity contribution in [1.82, 2.24) is 4.90 Å². The van der Waals surface area contributed by atoms with Gasteiger partial charge in [-0.15, -0.1) is 0 Å². The van der Waals surface area contributed by atoms with Crippen molar-refractivity contribution in [3.63, 3.8) is 0 Å². The quantitative estimate of drug-likeness (QED) is 0.317. The SMILES string of the molecule is CC#CC(=O)CN(C)CCOCCCOCCC. The molecule has 0 aliphatic rings. The molecule has 4 heteroatoms. The van der Waals surface area contributed by atoms with Gasteiger partial charge in [0.1, 0.15) is 0 Å². The van der Waals surface area contributed by atoms with E-state index in [9.17, 15) is 4.79 Å². The normalized spacial score (nSPS) is 10.2. The van der Waals surface area contributed by atoms with Crippen LogP contribution in [-0.4, -0.2) is 57.2 Å². The second-order valence-electron chi connectivity index (χ2n) is 4.11. The molecule has 0 N–H and O–H groups in total. The largest absolute Gasteiger partial charge is 0.381 e. The van der Waals surface area contributed by atoms with Crippen LogP contribution in [0.4, 0.5) is 0 Å². The van der Waals surface area contributed by atoms with Crippen molar-refractivity contribution in [2.75, 3.05) is 46.6 Å². The van der Waals surface area contributed by atoms with Crippen molar-refractivity contribution >= 4 is 5.78 Å². The van der Waals surface area contributed by atoms with Crippen LogP contribution in [0.25, 0.3) is 0 Å². The lowest BCUT2D eigenvalue weighted by atomic mass is 10.3. The van der Waals surface area contributed by atoms with E-state index in [2.05, 4.69) is 18.8 Å². The van der Waals surface area contributed by atoms with E-state index in [1.807, 2.05) is 11.9 Å². The summed E-state index contributed by atoms with van der Waals surface area (Å²) in [6.45, 7) is 7.80. The van der Waals surface area contributed by atoms with Gasteiger partial charge in [-0.1, -0.05) is 12.8 Å². The smallest absolute Gasteiger partial charge is 0.219 e. The molecule has 0 saturated heterocycles. The van der Waals surface area contributed by atoms with E-state index in [0.29, 0.717) is 19.8 Å². The molecule has 4 nitrogen and oxygen atoms in total. The predicted molar refractivity (Wildman–Crippen MR) is 72.5 cm³/mol. The van der Waals surface area contributed by atoms with Crippen LogP contribution in [0.3, 0.4) is 0 Å². The van der Waals surface area contributed by atoms with E-state index in [-0.39, 0.29) is 5.78 Å². The first-order chi connectivity index (χ1) is 8.70. The predicted octanol–water partition coefficient (Wildman–Crippen LogP) is 1.34. The molecule has 0 aromatic carbocycles. The minimum atomic E-state index is -0.0482. The number of rotatable bonds is 11. The Bertz CT molecular complexity index is 268. The molecular weight excluding hydrogens is 230 g/mol. The molecule has 0 saturated carbocycles. The molecular formula is C14H25NO3. The van der Waals surface area contributed by atoms with Crippen LogP contribution in [0, 0.1) is 11.8 Å². The summed E-state index contributed by atoms with van der Waals surface area (Å²) in [4.78, 5) is 13.1. The van der Waals surface area contributed by atoms with Gasteiger partial charge in [-0.2, -0.15) is 0 Å². The Kier molecular flexibility index (Phi) is 11.9. The molecule has 104 valence electrons. The van der Waals surface area contributed by atoms with Gasteiger partial charge in [0.05, 0.1) is 13.2 Å².